The third-order valence-electron chi connectivity index (χ3n) is 7.49. The number of rotatable bonds is 28. The highest BCUT2D eigenvalue weighted by Gasteiger charge is 2.06. The van der Waals surface area contributed by atoms with E-state index in [1.807, 2.05) is 16.8 Å². The van der Waals surface area contributed by atoms with Gasteiger partial charge >= 0.3 is 5.97 Å². The average molecular weight is 521 g/mol. The summed E-state index contributed by atoms with van der Waals surface area (Å²) in [7, 11) is 0. The van der Waals surface area contributed by atoms with Gasteiger partial charge in [-0.25, -0.2) is 4.79 Å². The number of unbranched alkanes of at least 4 members (excludes halogenated alkanes) is 25. The van der Waals surface area contributed by atoms with Gasteiger partial charge in [-0.05, 0) is 17.9 Å². The number of carbonyl (C=O) groups is 1. The second-order valence-electron chi connectivity index (χ2n) is 11.0. The Labute approximate surface area is 229 Å². The molecule has 0 bridgehead atoms. The van der Waals surface area contributed by atoms with Crippen molar-refractivity contribution in [2.45, 2.75) is 174 Å². The van der Waals surface area contributed by atoms with Crippen molar-refractivity contribution < 1.29 is 9.53 Å². The molecule has 1 heterocycles. The molecule has 1 aromatic heterocycles. The van der Waals surface area contributed by atoms with Gasteiger partial charge in [-0.3, -0.25) is 0 Å². The number of hydrogen-bond donors (Lipinski definition) is 0. The molecule has 1 aromatic rings. The molecule has 0 atom stereocenters. The predicted molar refractivity (Wildman–Crippen MR) is 160 cm³/mol. The van der Waals surface area contributed by atoms with Crippen LogP contribution in [0.2, 0.25) is 0 Å². The molecule has 0 fully saturated rings. The molecule has 0 N–H and O–H groups in total. The topological polar surface area (TPSA) is 26.3 Å². The summed E-state index contributed by atoms with van der Waals surface area (Å²) < 4.78 is 5.31. The van der Waals surface area contributed by atoms with Crippen molar-refractivity contribution >= 4 is 17.3 Å². The average Bonchev–Trinajstić information content (AvgIpc) is 3.43. The zero-order valence-corrected chi connectivity index (χ0v) is 24.9. The SMILES string of the molecule is CCCCCCCCCCCCCCCCCCCCCCCCCCCCOC(=O)c1ccsc1. The van der Waals surface area contributed by atoms with Crippen LogP contribution in [-0.4, -0.2) is 12.6 Å². The highest BCUT2D eigenvalue weighted by molar-refractivity contribution is 7.08. The summed E-state index contributed by atoms with van der Waals surface area (Å²) in [5.41, 5.74) is 0.690. The van der Waals surface area contributed by atoms with Crippen molar-refractivity contribution in [1.29, 1.82) is 0 Å². The molecule has 0 aliphatic rings. The summed E-state index contributed by atoms with van der Waals surface area (Å²) in [6, 6.07) is 1.83. The number of carbonyl (C=O) groups excluding carboxylic acids is 1. The number of esters is 1. The normalized spacial score (nSPS) is 11.2. The lowest BCUT2D eigenvalue weighted by Crippen LogP contribution is -2.05. The quantitative estimate of drug-likeness (QED) is 0.0811. The molecule has 3 heteroatoms. The Morgan fingerprint density at radius 3 is 1.19 bits per heavy atom. The lowest BCUT2D eigenvalue weighted by molar-refractivity contribution is 0.0498. The molecule has 2 nitrogen and oxygen atoms in total. The lowest BCUT2D eigenvalue weighted by Gasteiger charge is -2.05. The Bertz CT molecular complexity index is 554. The minimum absolute atomic E-state index is 0.171. The van der Waals surface area contributed by atoms with Crippen LogP contribution in [-0.2, 0) is 4.74 Å². The van der Waals surface area contributed by atoms with Crippen molar-refractivity contribution in [3.63, 3.8) is 0 Å². The molecule has 0 amide bonds. The van der Waals surface area contributed by atoms with Gasteiger partial charge in [0.15, 0.2) is 0 Å². The van der Waals surface area contributed by atoms with E-state index >= 15 is 0 Å². The van der Waals surface area contributed by atoms with Crippen LogP contribution in [0.5, 0.6) is 0 Å². The van der Waals surface area contributed by atoms with E-state index in [1.165, 1.54) is 172 Å². The van der Waals surface area contributed by atoms with Gasteiger partial charge in [0.05, 0.1) is 12.2 Å². The smallest absolute Gasteiger partial charge is 0.338 e. The standard InChI is InChI=1S/C33H60O2S/c1-2-3-4-5-6-7-8-9-10-11-12-13-14-15-16-17-18-19-20-21-22-23-24-25-26-27-29-35-33(34)32-28-30-36-31-32/h28,30-31H,2-27,29H2,1H3. The fourth-order valence-electron chi connectivity index (χ4n) is 5.05. The first-order valence-electron chi connectivity index (χ1n) is 16.0. The number of thiophene rings is 1. The van der Waals surface area contributed by atoms with Crippen LogP contribution < -0.4 is 0 Å². The van der Waals surface area contributed by atoms with Crippen LogP contribution in [0.3, 0.4) is 0 Å². The largest absolute Gasteiger partial charge is 0.462 e. The minimum atomic E-state index is -0.171. The number of ether oxygens (including phenoxy) is 1. The van der Waals surface area contributed by atoms with Gasteiger partial charge < -0.3 is 4.74 Å². The number of hydrogen-bond acceptors (Lipinski definition) is 3. The first-order chi connectivity index (χ1) is 17.8. The van der Waals surface area contributed by atoms with Gasteiger partial charge in [-0.2, -0.15) is 11.3 Å². The van der Waals surface area contributed by atoms with E-state index in [-0.39, 0.29) is 5.97 Å². The predicted octanol–water partition coefficient (Wildman–Crippen LogP) is 12.1. The van der Waals surface area contributed by atoms with E-state index in [1.54, 1.807) is 0 Å². The summed E-state index contributed by atoms with van der Waals surface area (Å²) in [5, 5.41) is 3.77. The fourth-order valence-corrected chi connectivity index (χ4v) is 5.67. The van der Waals surface area contributed by atoms with E-state index in [0.29, 0.717) is 12.2 Å². The lowest BCUT2D eigenvalue weighted by atomic mass is 10.0. The Balaban J connectivity index is 1.64. The summed E-state index contributed by atoms with van der Waals surface area (Å²) in [4.78, 5) is 11.7. The molecular weight excluding hydrogens is 460 g/mol. The Hall–Kier alpha value is -0.830. The first-order valence-corrected chi connectivity index (χ1v) is 17.0. The highest BCUT2D eigenvalue weighted by atomic mass is 32.1. The van der Waals surface area contributed by atoms with Crippen molar-refractivity contribution in [3.05, 3.63) is 22.4 Å². The van der Waals surface area contributed by atoms with Gasteiger partial charge in [-0.15, -0.1) is 0 Å². The highest BCUT2D eigenvalue weighted by Crippen LogP contribution is 2.16. The van der Waals surface area contributed by atoms with Gasteiger partial charge in [-0.1, -0.05) is 167 Å². The Kier molecular flexibility index (Phi) is 25.1. The van der Waals surface area contributed by atoms with E-state index in [4.69, 9.17) is 4.74 Å². The summed E-state index contributed by atoms with van der Waals surface area (Å²) in [6.45, 7) is 2.86. The van der Waals surface area contributed by atoms with E-state index in [0.717, 1.165) is 6.42 Å². The molecule has 0 aliphatic carbocycles. The summed E-state index contributed by atoms with van der Waals surface area (Å²) >= 11 is 1.54. The molecule has 0 radical (unpaired) electrons. The zero-order chi connectivity index (χ0) is 25.8. The molecular formula is C33H60O2S. The molecule has 0 saturated heterocycles. The summed E-state index contributed by atoms with van der Waals surface area (Å²) in [5.74, 6) is -0.171. The van der Waals surface area contributed by atoms with Crippen molar-refractivity contribution in [2.24, 2.45) is 0 Å². The van der Waals surface area contributed by atoms with Crippen LogP contribution in [0.15, 0.2) is 16.8 Å². The van der Waals surface area contributed by atoms with Crippen LogP contribution in [0.4, 0.5) is 0 Å². The van der Waals surface area contributed by atoms with Crippen LogP contribution >= 0.6 is 11.3 Å². The van der Waals surface area contributed by atoms with Crippen LogP contribution in [0.1, 0.15) is 184 Å². The molecule has 36 heavy (non-hydrogen) atoms. The second-order valence-corrected chi connectivity index (χ2v) is 11.8. The molecule has 0 spiro atoms. The fraction of sp³-hybridized carbons (Fsp3) is 0.848. The summed E-state index contributed by atoms with van der Waals surface area (Å²) in [6.07, 6.45) is 36.6. The molecule has 0 saturated carbocycles. The monoisotopic (exact) mass is 520 g/mol. The third-order valence-corrected chi connectivity index (χ3v) is 8.17. The van der Waals surface area contributed by atoms with E-state index < -0.39 is 0 Å². The molecule has 1 rings (SSSR count). The van der Waals surface area contributed by atoms with Gasteiger partial charge in [0.1, 0.15) is 0 Å². The third kappa shape index (κ3) is 22.4. The Morgan fingerprint density at radius 2 is 0.889 bits per heavy atom. The van der Waals surface area contributed by atoms with E-state index in [2.05, 4.69) is 6.92 Å². The maximum Gasteiger partial charge on any atom is 0.338 e. The van der Waals surface area contributed by atoms with Gasteiger partial charge in [0.2, 0.25) is 0 Å². The maximum absolute atomic E-state index is 11.7. The van der Waals surface area contributed by atoms with Gasteiger partial charge in [0, 0.05) is 5.38 Å². The van der Waals surface area contributed by atoms with Gasteiger partial charge in [0.25, 0.3) is 0 Å². The zero-order valence-electron chi connectivity index (χ0n) is 24.0. The molecule has 0 unspecified atom stereocenters. The molecule has 210 valence electrons. The minimum Gasteiger partial charge on any atom is -0.462 e. The Morgan fingerprint density at radius 1 is 0.556 bits per heavy atom. The first kappa shape index (κ1) is 33.2. The van der Waals surface area contributed by atoms with Crippen molar-refractivity contribution in [1.82, 2.24) is 0 Å². The molecule has 0 aliphatic heterocycles. The van der Waals surface area contributed by atoms with Crippen LogP contribution in [0, 0.1) is 0 Å². The molecule has 0 aromatic carbocycles. The van der Waals surface area contributed by atoms with Crippen molar-refractivity contribution in [3.8, 4) is 0 Å². The van der Waals surface area contributed by atoms with Crippen molar-refractivity contribution in [2.75, 3.05) is 6.61 Å². The maximum atomic E-state index is 11.7. The van der Waals surface area contributed by atoms with Crippen LogP contribution in [0.25, 0.3) is 0 Å². The van der Waals surface area contributed by atoms with E-state index in [9.17, 15) is 4.79 Å². The second kappa shape index (κ2) is 27.2.